The second-order valence-corrected chi connectivity index (χ2v) is 4.58. The van der Waals surface area contributed by atoms with Gasteiger partial charge in [-0.15, -0.1) is 0 Å². The van der Waals surface area contributed by atoms with Gasteiger partial charge in [-0.05, 0) is 29.9 Å². The monoisotopic (exact) mass is 276 g/mol. The van der Waals surface area contributed by atoms with E-state index in [4.69, 9.17) is 14.2 Å². The summed E-state index contributed by atoms with van der Waals surface area (Å²) in [5.41, 5.74) is 1.14. The number of benzene rings is 2. The quantitative estimate of drug-likeness (QED) is 0.623. The average molecular weight is 276 g/mol. The third-order valence-electron chi connectivity index (χ3n) is 3.18. The molecular weight excluding hydrogens is 256 g/mol. The van der Waals surface area contributed by atoms with Crippen molar-refractivity contribution in [3.05, 3.63) is 35.9 Å². The van der Waals surface area contributed by atoms with Crippen molar-refractivity contribution in [1.29, 1.82) is 0 Å². The summed E-state index contributed by atoms with van der Waals surface area (Å²) in [7, 11) is 3.25. The fraction of sp³-hybridized carbons (Fsp3) is 0.375. The first kappa shape index (κ1) is 14.6. The van der Waals surface area contributed by atoms with Crippen molar-refractivity contribution in [3.8, 4) is 11.5 Å². The average Bonchev–Trinajstić information content (AvgIpc) is 2.47. The van der Waals surface area contributed by atoms with Crippen molar-refractivity contribution in [1.82, 2.24) is 0 Å². The summed E-state index contributed by atoms with van der Waals surface area (Å²) in [5.74, 6) is 0.617. The van der Waals surface area contributed by atoms with Gasteiger partial charge in [0.25, 0.3) is 0 Å². The molecule has 20 heavy (non-hydrogen) atoms. The summed E-state index contributed by atoms with van der Waals surface area (Å²) in [6, 6.07) is 9.61. The van der Waals surface area contributed by atoms with Crippen LogP contribution in [-0.2, 0) is 15.9 Å². The maximum absolute atomic E-state index is 10.0. The first-order valence-corrected chi connectivity index (χ1v) is 6.62. The number of fused-ring (bicyclic) bond motifs is 1. The molecule has 0 radical (unpaired) electrons. The number of hydrogen-bond acceptors (Lipinski definition) is 4. The maximum atomic E-state index is 10.0. The lowest BCUT2D eigenvalue weighted by Gasteiger charge is -2.14. The van der Waals surface area contributed by atoms with E-state index in [1.165, 1.54) is 0 Å². The lowest BCUT2D eigenvalue weighted by Crippen LogP contribution is -2.01. The topological polar surface area (TPSA) is 47.9 Å². The molecule has 0 aromatic heterocycles. The Balaban J connectivity index is 2.42. The number of aryl methyl sites for hydroxylation is 1. The predicted octanol–water partition coefficient (Wildman–Crippen LogP) is 3.11. The molecule has 1 N–H and O–H groups in total. The van der Waals surface area contributed by atoms with Crippen molar-refractivity contribution in [3.63, 3.8) is 0 Å². The van der Waals surface area contributed by atoms with Crippen LogP contribution >= 0.6 is 0 Å². The zero-order valence-corrected chi connectivity index (χ0v) is 11.9. The molecule has 4 nitrogen and oxygen atoms in total. The van der Waals surface area contributed by atoms with E-state index in [1.807, 2.05) is 18.2 Å². The molecule has 0 fully saturated rings. The summed E-state index contributed by atoms with van der Waals surface area (Å²) < 4.78 is 15.6. The third kappa shape index (κ3) is 3.21. The van der Waals surface area contributed by atoms with E-state index >= 15 is 0 Å². The number of phenolic OH excluding ortho intramolecular Hbond substituents is 1. The lowest BCUT2D eigenvalue weighted by atomic mass is 9.99. The highest BCUT2D eigenvalue weighted by Gasteiger charge is 2.12. The smallest absolute Gasteiger partial charge is 0.188 e. The van der Waals surface area contributed by atoms with Crippen LogP contribution in [0, 0.1) is 0 Å². The van der Waals surface area contributed by atoms with Crippen LogP contribution in [-0.4, -0.2) is 32.7 Å². The summed E-state index contributed by atoms with van der Waals surface area (Å²) in [4.78, 5) is 0. The van der Waals surface area contributed by atoms with E-state index in [0.717, 1.165) is 29.2 Å². The van der Waals surface area contributed by atoms with E-state index < -0.39 is 0 Å². The second-order valence-electron chi connectivity index (χ2n) is 4.58. The van der Waals surface area contributed by atoms with Crippen LogP contribution in [0.4, 0.5) is 0 Å². The Hall–Kier alpha value is -1.78. The number of hydrogen-bond donors (Lipinski definition) is 1. The van der Waals surface area contributed by atoms with Crippen molar-refractivity contribution in [2.24, 2.45) is 0 Å². The number of rotatable bonds is 7. The minimum absolute atomic E-state index is 0.110. The van der Waals surface area contributed by atoms with Gasteiger partial charge in [0, 0.05) is 26.2 Å². The SMILES string of the molecule is COCCCc1cccc2ccc(O)c(OCOC)c12. The van der Waals surface area contributed by atoms with Gasteiger partial charge in [-0.2, -0.15) is 0 Å². The normalized spacial score (nSPS) is 10.9. The standard InChI is InChI=1S/C16H20O4/c1-18-10-4-7-12-5-3-6-13-8-9-14(17)16(15(12)13)20-11-19-2/h3,5-6,8-9,17H,4,7,10-11H2,1-2H3. The highest BCUT2D eigenvalue weighted by Crippen LogP contribution is 2.37. The van der Waals surface area contributed by atoms with Gasteiger partial charge < -0.3 is 19.3 Å². The zero-order valence-electron chi connectivity index (χ0n) is 11.9. The molecule has 2 aromatic carbocycles. The van der Waals surface area contributed by atoms with Crippen LogP contribution < -0.4 is 4.74 Å². The molecule has 0 saturated carbocycles. The van der Waals surface area contributed by atoms with E-state index in [0.29, 0.717) is 12.4 Å². The molecule has 108 valence electrons. The summed E-state index contributed by atoms with van der Waals surface area (Å²) >= 11 is 0. The number of phenols is 1. The van der Waals surface area contributed by atoms with Gasteiger partial charge in [0.2, 0.25) is 0 Å². The molecule has 0 aliphatic carbocycles. The molecule has 2 aromatic rings. The van der Waals surface area contributed by atoms with Crippen molar-refractivity contribution in [2.45, 2.75) is 12.8 Å². The van der Waals surface area contributed by atoms with Crippen LogP contribution in [0.15, 0.2) is 30.3 Å². The maximum Gasteiger partial charge on any atom is 0.188 e. The second kappa shape index (κ2) is 7.12. The lowest BCUT2D eigenvalue weighted by molar-refractivity contribution is 0.0503. The van der Waals surface area contributed by atoms with Crippen LogP contribution in [0.5, 0.6) is 11.5 Å². The Labute approximate surface area is 118 Å². The molecule has 0 aliphatic heterocycles. The molecule has 4 heteroatoms. The summed E-state index contributed by atoms with van der Waals surface area (Å²) in [5, 5.41) is 12.0. The Morgan fingerprint density at radius 1 is 1.05 bits per heavy atom. The minimum Gasteiger partial charge on any atom is -0.504 e. The van der Waals surface area contributed by atoms with Gasteiger partial charge in [-0.1, -0.05) is 24.3 Å². The minimum atomic E-state index is 0.110. The molecule has 0 spiro atoms. The molecule has 0 bridgehead atoms. The number of aromatic hydroxyl groups is 1. The first-order valence-electron chi connectivity index (χ1n) is 6.62. The zero-order chi connectivity index (χ0) is 14.4. The van der Waals surface area contributed by atoms with Crippen molar-refractivity contribution < 1.29 is 19.3 Å². The summed E-state index contributed by atoms with van der Waals surface area (Å²) in [6.07, 6.45) is 1.80. The van der Waals surface area contributed by atoms with Gasteiger partial charge in [0.15, 0.2) is 18.3 Å². The fourth-order valence-corrected chi connectivity index (χ4v) is 2.29. The largest absolute Gasteiger partial charge is 0.504 e. The Morgan fingerprint density at radius 2 is 1.90 bits per heavy atom. The number of methoxy groups -OCH3 is 2. The molecule has 0 heterocycles. The van der Waals surface area contributed by atoms with Crippen LogP contribution in [0.3, 0.4) is 0 Å². The molecule has 0 atom stereocenters. The Kier molecular flexibility index (Phi) is 5.21. The van der Waals surface area contributed by atoms with Gasteiger partial charge in [0.1, 0.15) is 0 Å². The van der Waals surface area contributed by atoms with E-state index in [9.17, 15) is 5.11 Å². The highest BCUT2D eigenvalue weighted by atomic mass is 16.7. The highest BCUT2D eigenvalue weighted by molar-refractivity contribution is 5.93. The number of ether oxygens (including phenoxy) is 3. The molecule has 0 aliphatic rings. The first-order chi connectivity index (χ1) is 9.77. The van der Waals surface area contributed by atoms with E-state index in [1.54, 1.807) is 20.3 Å². The third-order valence-corrected chi connectivity index (χ3v) is 3.18. The summed E-state index contributed by atoms with van der Waals surface area (Å²) in [6.45, 7) is 0.822. The fourth-order valence-electron chi connectivity index (χ4n) is 2.29. The van der Waals surface area contributed by atoms with E-state index in [2.05, 4.69) is 6.07 Å². The van der Waals surface area contributed by atoms with E-state index in [-0.39, 0.29) is 12.5 Å². The van der Waals surface area contributed by atoms with Crippen LogP contribution in [0.2, 0.25) is 0 Å². The van der Waals surface area contributed by atoms with Gasteiger partial charge in [-0.3, -0.25) is 0 Å². The van der Waals surface area contributed by atoms with Crippen molar-refractivity contribution >= 4 is 10.8 Å². The molecule has 0 unspecified atom stereocenters. The Morgan fingerprint density at radius 3 is 2.65 bits per heavy atom. The molecular formula is C16H20O4. The molecule has 0 saturated heterocycles. The van der Waals surface area contributed by atoms with Gasteiger partial charge in [0.05, 0.1) is 0 Å². The molecule has 2 rings (SSSR count). The van der Waals surface area contributed by atoms with Crippen molar-refractivity contribution in [2.75, 3.05) is 27.6 Å². The predicted molar refractivity (Wildman–Crippen MR) is 78.3 cm³/mol. The van der Waals surface area contributed by atoms with Crippen LogP contribution in [0.1, 0.15) is 12.0 Å². The van der Waals surface area contributed by atoms with Gasteiger partial charge in [-0.25, -0.2) is 0 Å². The van der Waals surface area contributed by atoms with Crippen LogP contribution in [0.25, 0.3) is 10.8 Å². The Bertz CT molecular complexity index is 566. The molecule has 0 amide bonds. The van der Waals surface area contributed by atoms with Gasteiger partial charge >= 0.3 is 0 Å².